The maximum atomic E-state index is 6.07. The fourth-order valence-corrected chi connectivity index (χ4v) is 4.32. The van der Waals surface area contributed by atoms with Crippen LogP contribution >= 0.6 is 15.9 Å². The van der Waals surface area contributed by atoms with Gasteiger partial charge in [-0.25, -0.2) is 4.98 Å². The van der Waals surface area contributed by atoms with Crippen molar-refractivity contribution in [3.8, 4) is 22.6 Å². The van der Waals surface area contributed by atoms with Crippen LogP contribution in [0.1, 0.15) is 25.0 Å². The Bertz CT molecular complexity index is 1130. The Morgan fingerprint density at radius 1 is 0.920 bits per heavy atom. The summed E-state index contributed by atoms with van der Waals surface area (Å²) in [5.74, 6) is 0.678. The highest BCUT2D eigenvalue weighted by atomic mass is 79.9. The van der Waals surface area contributed by atoms with E-state index < -0.39 is 0 Å². The fourth-order valence-electron chi connectivity index (χ4n) is 3.96. The number of fused-ring (bicyclic) bond motifs is 5. The van der Waals surface area contributed by atoms with Crippen LogP contribution in [0.25, 0.3) is 33.7 Å². The quantitative estimate of drug-likeness (QED) is 0.368. The van der Waals surface area contributed by atoms with E-state index in [2.05, 4.69) is 54.0 Å². The molecule has 0 saturated heterocycles. The topological polar surface area (TPSA) is 26.0 Å². The first-order valence-electron chi connectivity index (χ1n) is 8.35. The van der Waals surface area contributed by atoms with Gasteiger partial charge in [-0.2, -0.15) is 0 Å². The molecular weight excluding hydrogens is 374 g/mol. The average Bonchev–Trinajstić information content (AvgIpc) is 3.13. The molecular formula is C22H16BrNO. The monoisotopic (exact) mass is 389 g/mol. The van der Waals surface area contributed by atoms with Gasteiger partial charge in [-0.1, -0.05) is 60.1 Å². The second-order valence-corrected chi connectivity index (χ2v) is 7.95. The molecule has 0 N–H and O–H groups in total. The van der Waals surface area contributed by atoms with Gasteiger partial charge in [-0.3, -0.25) is 0 Å². The second-order valence-electron chi connectivity index (χ2n) is 7.03. The van der Waals surface area contributed by atoms with Crippen LogP contribution in [0.4, 0.5) is 0 Å². The Morgan fingerprint density at radius 2 is 1.68 bits per heavy atom. The van der Waals surface area contributed by atoms with Crippen LogP contribution in [0.3, 0.4) is 0 Å². The maximum absolute atomic E-state index is 6.07. The molecule has 1 aromatic heterocycles. The highest BCUT2D eigenvalue weighted by molar-refractivity contribution is 9.10. The third kappa shape index (κ3) is 2.05. The molecule has 4 aromatic rings. The molecule has 25 heavy (non-hydrogen) atoms. The number of hydrogen-bond acceptors (Lipinski definition) is 2. The van der Waals surface area contributed by atoms with Crippen LogP contribution in [0.5, 0.6) is 0 Å². The minimum Gasteiger partial charge on any atom is -0.436 e. The van der Waals surface area contributed by atoms with Crippen LogP contribution in [0, 0.1) is 0 Å². The number of benzene rings is 3. The van der Waals surface area contributed by atoms with Crippen LogP contribution in [-0.4, -0.2) is 4.98 Å². The van der Waals surface area contributed by atoms with Crippen molar-refractivity contribution in [3.05, 3.63) is 76.3 Å². The Balaban J connectivity index is 1.81. The Kier molecular flexibility index (Phi) is 3.02. The van der Waals surface area contributed by atoms with Gasteiger partial charge in [0.25, 0.3) is 0 Å². The summed E-state index contributed by atoms with van der Waals surface area (Å²) >= 11 is 3.61. The van der Waals surface area contributed by atoms with E-state index in [1.54, 1.807) is 0 Å². The van der Waals surface area contributed by atoms with Gasteiger partial charge in [0.15, 0.2) is 5.58 Å². The van der Waals surface area contributed by atoms with Crippen molar-refractivity contribution in [2.75, 3.05) is 0 Å². The molecule has 1 heterocycles. The van der Waals surface area contributed by atoms with Crippen molar-refractivity contribution in [1.82, 2.24) is 4.98 Å². The first-order valence-corrected chi connectivity index (χ1v) is 9.15. The second kappa shape index (κ2) is 5.06. The van der Waals surface area contributed by atoms with Gasteiger partial charge in [0.05, 0.1) is 0 Å². The van der Waals surface area contributed by atoms with Gasteiger partial charge < -0.3 is 4.42 Å². The minimum atomic E-state index is -0.112. The molecule has 5 rings (SSSR count). The Hall–Kier alpha value is -2.39. The van der Waals surface area contributed by atoms with E-state index in [0.29, 0.717) is 5.89 Å². The minimum absolute atomic E-state index is 0.112. The molecule has 0 bridgehead atoms. The van der Waals surface area contributed by atoms with Crippen molar-refractivity contribution in [2.24, 2.45) is 0 Å². The molecule has 0 atom stereocenters. The van der Waals surface area contributed by atoms with Gasteiger partial charge in [0, 0.05) is 15.5 Å². The number of halogens is 1. The average molecular weight is 390 g/mol. The zero-order chi connectivity index (χ0) is 17.2. The van der Waals surface area contributed by atoms with Crippen molar-refractivity contribution in [2.45, 2.75) is 19.3 Å². The molecule has 3 aromatic carbocycles. The van der Waals surface area contributed by atoms with Gasteiger partial charge in [0.1, 0.15) is 5.52 Å². The lowest BCUT2D eigenvalue weighted by molar-refractivity contribution is 0.619. The third-order valence-corrected chi connectivity index (χ3v) is 5.65. The lowest BCUT2D eigenvalue weighted by Crippen LogP contribution is -2.15. The van der Waals surface area contributed by atoms with Gasteiger partial charge in [-0.15, -0.1) is 0 Å². The highest BCUT2D eigenvalue weighted by Gasteiger charge is 2.38. The van der Waals surface area contributed by atoms with Crippen LogP contribution in [0.2, 0.25) is 0 Å². The van der Waals surface area contributed by atoms with E-state index in [0.717, 1.165) is 21.1 Å². The molecule has 1 aliphatic carbocycles. The van der Waals surface area contributed by atoms with Crippen molar-refractivity contribution in [1.29, 1.82) is 0 Å². The largest absolute Gasteiger partial charge is 0.436 e. The predicted molar refractivity (Wildman–Crippen MR) is 105 cm³/mol. The van der Waals surface area contributed by atoms with E-state index in [9.17, 15) is 0 Å². The summed E-state index contributed by atoms with van der Waals surface area (Å²) in [6.07, 6.45) is 0. The zero-order valence-corrected chi connectivity index (χ0v) is 15.6. The van der Waals surface area contributed by atoms with Gasteiger partial charge >= 0.3 is 0 Å². The van der Waals surface area contributed by atoms with E-state index in [1.165, 1.54) is 22.3 Å². The van der Waals surface area contributed by atoms with E-state index in [4.69, 9.17) is 9.40 Å². The normalized spacial score (nSPS) is 14.5. The first kappa shape index (κ1) is 14.9. The first-order chi connectivity index (χ1) is 12.1. The molecule has 0 fully saturated rings. The van der Waals surface area contributed by atoms with Crippen molar-refractivity contribution >= 4 is 27.0 Å². The molecule has 2 nitrogen and oxygen atoms in total. The summed E-state index contributed by atoms with van der Waals surface area (Å²) in [5.41, 5.74) is 7.83. The van der Waals surface area contributed by atoms with E-state index in [1.807, 2.05) is 36.4 Å². The van der Waals surface area contributed by atoms with Crippen LogP contribution in [0.15, 0.2) is 69.6 Å². The lowest BCUT2D eigenvalue weighted by atomic mass is 9.82. The number of oxazole rings is 1. The Morgan fingerprint density at radius 3 is 2.48 bits per heavy atom. The maximum Gasteiger partial charge on any atom is 0.227 e. The molecule has 1 aliphatic rings. The number of nitrogens with zero attached hydrogens (tertiary/aromatic N) is 1. The van der Waals surface area contributed by atoms with Crippen LogP contribution < -0.4 is 0 Å². The summed E-state index contributed by atoms with van der Waals surface area (Å²) in [6, 6.07) is 20.8. The Labute approximate surface area is 154 Å². The van der Waals surface area contributed by atoms with Gasteiger partial charge in [0.2, 0.25) is 5.89 Å². The summed E-state index contributed by atoms with van der Waals surface area (Å²) < 4.78 is 7.18. The standard InChI is InChI=1S/C22H16BrNO/c1-22(2)17-12-14(23)8-9-15(17)16-10-11-18-20(19(16)22)24-21(25-18)13-6-4-3-5-7-13/h3-12H,1-2H3. The predicted octanol–water partition coefficient (Wildman–Crippen LogP) is 6.56. The van der Waals surface area contributed by atoms with Crippen LogP contribution in [-0.2, 0) is 5.41 Å². The fraction of sp³-hybridized carbons (Fsp3) is 0.136. The summed E-state index contributed by atoms with van der Waals surface area (Å²) in [6.45, 7) is 4.53. The highest BCUT2D eigenvalue weighted by Crippen LogP contribution is 2.51. The third-order valence-electron chi connectivity index (χ3n) is 5.15. The summed E-state index contributed by atoms with van der Waals surface area (Å²) in [5, 5.41) is 0. The van der Waals surface area contributed by atoms with Gasteiger partial charge in [-0.05, 0) is 52.6 Å². The number of aromatic nitrogens is 1. The molecule has 0 unspecified atom stereocenters. The van der Waals surface area contributed by atoms with E-state index >= 15 is 0 Å². The zero-order valence-electron chi connectivity index (χ0n) is 14.0. The molecule has 0 aliphatic heterocycles. The molecule has 0 radical (unpaired) electrons. The lowest BCUT2D eigenvalue weighted by Gasteiger charge is -2.21. The molecule has 3 heteroatoms. The smallest absolute Gasteiger partial charge is 0.227 e. The number of hydrogen-bond donors (Lipinski definition) is 0. The number of rotatable bonds is 1. The SMILES string of the molecule is CC1(C)c2cc(Br)ccc2-c2ccc3oc(-c4ccccc4)nc3c21. The molecule has 0 spiro atoms. The van der Waals surface area contributed by atoms with E-state index in [-0.39, 0.29) is 5.41 Å². The molecule has 0 saturated carbocycles. The molecule has 0 amide bonds. The summed E-state index contributed by atoms with van der Waals surface area (Å²) in [7, 11) is 0. The van der Waals surface area contributed by atoms with Crippen molar-refractivity contribution in [3.63, 3.8) is 0 Å². The molecule has 122 valence electrons. The summed E-state index contributed by atoms with van der Waals surface area (Å²) in [4.78, 5) is 4.88. The van der Waals surface area contributed by atoms with Crippen molar-refractivity contribution < 1.29 is 4.42 Å².